The van der Waals surface area contributed by atoms with Crippen LogP contribution in [0.15, 0.2) is 47.0 Å². The first-order chi connectivity index (χ1) is 7.81. The minimum Gasteiger partial charge on any atom is -0.288 e. The van der Waals surface area contributed by atoms with Gasteiger partial charge in [-0.1, -0.05) is 31.2 Å². The fraction of sp³-hybridized carbons (Fsp3) is 0.143. The molecule has 3 rings (SSSR count). The lowest BCUT2D eigenvalue weighted by Crippen LogP contribution is -2.15. The number of ketones is 1. The maximum absolute atomic E-state index is 11.8. The van der Waals surface area contributed by atoms with Crippen LogP contribution in [-0.4, -0.2) is 11.5 Å². The number of hydrogen-bond acceptors (Lipinski definition) is 2. The number of hydrogen-bond donors (Lipinski definition) is 0. The third-order valence-electron chi connectivity index (χ3n) is 3.01. The normalized spacial score (nSPS) is 17.3. The summed E-state index contributed by atoms with van der Waals surface area (Å²) in [6, 6.07) is 7.92. The first-order valence-electron chi connectivity index (χ1n) is 5.45. The van der Waals surface area contributed by atoms with Gasteiger partial charge in [-0.3, -0.25) is 4.79 Å². The SMILES string of the molecule is CCC1=C2C(=Nc3ccccc32)C(=O)C=C1. The Kier molecular flexibility index (Phi) is 1.90. The van der Waals surface area contributed by atoms with Crippen molar-refractivity contribution in [3.05, 3.63) is 47.6 Å². The van der Waals surface area contributed by atoms with Crippen molar-refractivity contribution in [1.29, 1.82) is 0 Å². The van der Waals surface area contributed by atoms with Gasteiger partial charge in [0.2, 0.25) is 5.78 Å². The highest BCUT2D eigenvalue weighted by molar-refractivity contribution is 6.62. The van der Waals surface area contributed by atoms with E-state index < -0.39 is 0 Å². The van der Waals surface area contributed by atoms with E-state index >= 15 is 0 Å². The molecule has 0 saturated heterocycles. The lowest BCUT2D eigenvalue weighted by molar-refractivity contribution is -0.108. The van der Waals surface area contributed by atoms with Crippen LogP contribution in [0.1, 0.15) is 18.9 Å². The number of fused-ring (bicyclic) bond motifs is 3. The molecule has 2 heteroatoms. The summed E-state index contributed by atoms with van der Waals surface area (Å²) in [5.41, 5.74) is 4.84. The van der Waals surface area contributed by atoms with E-state index in [4.69, 9.17) is 0 Å². The van der Waals surface area contributed by atoms with E-state index in [1.54, 1.807) is 6.08 Å². The van der Waals surface area contributed by atoms with Crippen molar-refractivity contribution in [3.63, 3.8) is 0 Å². The van der Waals surface area contributed by atoms with Crippen molar-refractivity contribution in [2.75, 3.05) is 0 Å². The number of carbonyl (C=O) groups excluding carboxylic acids is 1. The molecule has 0 saturated carbocycles. The maximum atomic E-state index is 11.8. The molecule has 1 aliphatic carbocycles. The van der Waals surface area contributed by atoms with Crippen LogP contribution in [0.25, 0.3) is 5.57 Å². The second-order valence-corrected chi connectivity index (χ2v) is 3.93. The van der Waals surface area contributed by atoms with Gasteiger partial charge in [0.25, 0.3) is 0 Å². The Morgan fingerprint density at radius 1 is 1.19 bits per heavy atom. The second-order valence-electron chi connectivity index (χ2n) is 3.93. The van der Waals surface area contributed by atoms with E-state index in [2.05, 4.69) is 11.9 Å². The van der Waals surface area contributed by atoms with Gasteiger partial charge in [-0.05, 0) is 24.1 Å². The van der Waals surface area contributed by atoms with E-state index in [1.807, 2.05) is 30.3 Å². The van der Waals surface area contributed by atoms with Crippen molar-refractivity contribution in [1.82, 2.24) is 0 Å². The molecule has 1 aromatic carbocycles. The number of carbonyl (C=O) groups is 1. The summed E-state index contributed by atoms with van der Waals surface area (Å²) in [4.78, 5) is 16.2. The van der Waals surface area contributed by atoms with Gasteiger partial charge >= 0.3 is 0 Å². The van der Waals surface area contributed by atoms with Gasteiger partial charge in [0.1, 0.15) is 5.71 Å². The molecular weight excluding hydrogens is 198 g/mol. The molecular formula is C14H11NO. The summed E-state index contributed by atoms with van der Waals surface area (Å²) in [6.07, 6.45) is 4.46. The lowest BCUT2D eigenvalue weighted by Gasteiger charge is -2.11. The number of benzene rings is 1. The fourth-order valence-corrected chi connectivity index (χ4v) is 2.22. The first-order valence-corrected chi connectivity index (χ1v) is 5.45. The van der Waals surface area contributed by atoms with E-state index in [-0.39, 0.29) is 5.78 Å². The molecule has 1 aliphatic heterocycles. The molecule has 0 radical (unpaired) electrons. The summed E-state index contributed by atoms with van der Waals surface area (Å²) in [5.74, 6) is 0.0170. The van der Waals surface area contributed by atoms with Crippen LogP contribution in [0, 0.1) is 0 Å². The highest BCUT2D eigenvalue weighted by Crippen LogP contribution is 2.39. The summed E-state index contributed by atoms with van der Waals surface area (Å²) >= 11 is 0. The van der Waals surface area contributed by atoms with Gasteiger partial charge in [-0.2, -0.15) is 0 Å². The van der Waals surface area contributed by atoms with Gasteiger partial charge in [0.15, 0.2) is 0 Å². The van der Waals surface area contributed by atoms with Crippen molar-refractivity contribution in [3.8, 4) is 0 Å². The van der Waals surface area contributed by atoms with E-state index in [0.717, 1.165) is 23.2 Å². The van der Waals surface area contributed by atoms with Gasteiger partial charge in [-0.25, -0.2) is 4.99 Å². The van der Waals surface area contributed by atoms with Gasteiger partial charge in [-0.15, -0.1) is 0 Å². The van der Waals surface area contributed by atoms with Crippen LogP contribution in [-0.2, 0) is 4.79 Å². The van der Waals surface area contributed by atoms with E-state index in [1.165, 1.54) is 5.57 Å². The Hall–Kier alpha value is -1.96. The number of rotatable bonds is 1. The topological polar surface area (TPSA) is 29.4 Å². The Bertz CT molecular complexity index is 576. The molecule has 1 heterocycles. The Balaban J connectivity index is 2.31. The zero-order chi connectivity index (χ0) is 11.1. The average molecular weight is 209 g/mol. The Morgan fingerprint density at radius 2 is 2.00 bits per heavy atom. The molecule has 0 amide bonds. The van der Waals surface area contributed by atoms with Crippen molar-refractivity contribution in [2.45, 2.75) is 13.3 Å². The van der Waals surface area contributed by atoms with E-state index in [0.29, 0.717) is 5.71 Å². The minimum atomic E-state index is 0.0170. The molecule has 1 aromatic rings. The highest BCUT2D eigenvalue weighted by Gasteiger charge is 2.28. The summed E-state index contributed by atoms with van der Waals surface area (Å²) < 4.78 is 0. The average Bonchev–Trinajstić information content (AvgIpc) is 2.70. The zero-order valence-electron chi connectivity index (χ0n) is 9.03. The van der Waals surface area contributed by atoms with Gasteiger partial charge in [0, 0.05) is 11.1 Å². The molecule has 16 heavy (non-hydrogen) atoms. The fourth-order valence-electron chi connectivity index (χ4n) is 2.22. The molecule has 2 nitrogen and oxygen atoms in total. The standard InChI is InChI=1S/C14H11NO/c1-2-9-7-8-12(16)14-13(9)10-5-3-4-6-11(10)15-14/h3-8H,2H2,1H3. The third-order valence-corrected chi connectivity index (χ3v) is 3.01. The summed E-state index contributed by atoms with van der Waals surface area (Å²) in [7, 11) is 0. The quantitative estimate of drug-likeness (QED) is 0.653. The summed E-state index contributed by atoms with van der Waals surface area (Å²) in [6.45, 7) is 2.10. The van der Waals surface area contributed by atoms with E-state index in [9.17, 15) is 4.79 Å². The molecule has 2 aliphatic rings. The van der Waals surface area contributed by atoms with Crippen LogP contribution in [0.4, 0.5) is 5.69 Å². The summed E-state index contributed by atoms with van der Waals surface area (Å²) in [5, 5.41) is 0. The smallest absolute Gasteiger partial charge is 0.204 e. The molecule has 0 atom stereocenters. The monoisotopic (exact) mass is 209 g/mol. The third kappa shape index (κ3) is 1.13. The molecule has 0 bridgehead atoms. The predicted molar refractivity (Wildman–Crippen MR) is 64.9 cm³/mol. The van der Waals surface area contributed by atoms with Crippen LogP contribution in [0.5, 0.6) is 0 Å². The molecule has 78 valence electrons. The van der Waals surface area contributed by atoms with Crippen molar-refractivity contribution in [2.24, 2.45) is 4.99 Å². The Morgan fingerprint density at radius 3 is 2.81 bits per heavy atom. The number of nitrogens with zero attached hydrogens (tertiary/aromatic N) is 1. The van der Waals surface area contributed by atoms with Crippen LogP contribution in [0.2, 0.25) is 0 Å². The first kappa shape index (κ1) is 9.28. The van der Waals surface area contributed by atoms with Crippen LogP contribution in [0.3, 0.4) is 0 Å². The number of allylic oxidation sites excluding steroid dienone is 4. The van der Waals surface area contributed by atoms with Gasteiger partial charge in [0.05, 0.1) is 5.69 Å². The molecule has 0 aromatic heterocycles. The molecule has 0 N–H and O–H groups in total. The second kappa shape index (κ2) is 3.27. The minimum absolute atomic E-state index is 0.0170. The maximum Gasteiger partial charge on any atom is 0.204 e. The van der Waals surface area contributed by atoms with Crippen LogP contribution >= 0.6 is 0 Å². The zero-order valence-corrected chi connectivity index (χ0v) is 9.03. The highest BCUT2D eigenvalue weighted by atomic mass is 16.1. The predicted octanol–water partition coefficient (Wildman–Crippen LogP) is 3.08. The van der Waals surface area contributed by atoms with Crippen molar-refractivity contribution < 1.29 is 4.79 Å². The molecule has 0 spiro atoms. The van der Waals surface area contributed by atoms with Crippen LogP contribution < -0.4 is 0 Å². The number of para-hydroxylation sites is 1. The largest absolute Gasteiger partial charge is 0.288 e. The molecule has 0 unspecified atom stereocenters. The molecule has 0 fully saturated rings. The number of aliphatic imine (C=N–C) groups is 1. The lowest BCUT2D eigenvalue weighted by atomic mass is 9.90. The Labute approximate surface area is 94.0 Å². The van der Waals surface area contributed by atoms with Crippen molar-refractivity contribution >= 4 is 22.8 Å². The van der Waals surface area contributed by atoms with Gasteiger partial charge < -0.3 is 0 Å².